The molecule has 0 radical (unpaired) electrons. The van der Waals surface area contributed by atoms with Gasteiger partial charge < -0.3 is 5.32 Å². The monoisotopic (exact) mass is 279 g/mol. The maximum Gasteiger partial charge on any atom is 0.0458 e. The summed E-state index contributed by atoms with van der Waals surface area (Å²) in [5.41, 5.74) is 2.96. The van der Waals surface area contributed by atoms with Gasteiger partial charge in [0.15, 0.2) is 0 Å². The summed E-state index contributed by atoms with van der Waals surface area (Å²) in [6, 6.07) is 18.2. The average Bonchev–Trinajstić information content (AvgIpc) is 2.97. The van der Waals surface area contributed by atoms with Crippen LogP contribution in [0, 0.1) is 0 Å². The van der Waals surface area contributed by atoms with Crippen LogP contribution in [0.1, 0.15) is 22.0 Å². The van der Waals surface area contributed by atoms with Crippen LogP contribution in [0.25, 0.3) is 10.8 Å². The highest BCUT2D eigenvalue weighted by Gasteiger charge is 2.20. The van der Waals surface area contributed by atoms with Crippen LogP contribution in [0.3, 0.4) is 0 Å². The minimum Gasteiger partial charge on any atom is -0.309 e. The molecule has 20 heavy (non-hydrogen) atoms. The molecule has 0 spiro atoms. The molecule has 0 saturated heterocycles. The van der Waals surface area contributed by atoms with Crippen molar-refractivity contribution >= 4 is 22.1 Å². The van der Waals surface area contributed by atoms with E-state index in [0.29, 0.717) is 6.04 Å². The molecule has 0 saturated carbocycles. The summed E-state index contributed by atoms with van der Waals surface area (Å²) in [6.07, 6.45) is 2.26. The van der Waals surface area contributed by atoms with Crippen molar-refractivity contribution in [1.82, 2.24) is 5.32 Å². The van der Waals surface area contributed by atoms with Gasteiger partial charge in [-0.25, -0.2) is 0 Å². The first-order valence-electron chi connectivity index (χ1n) is 7.17. The molecule has 0 aliphatic carbocycles. The molecule has 2 aromatic carbocycles. The first-order valence-corrected chi connectivity index (χ1v) is 8.05. The fraction of sp³-hybridized carbons (Fsp3) is 0.222. The molecule has 1 aromatic heterocycles. The SMILES string of the molecule is c1ccc2cc(CC3NCCc4ccsc43)ccc2c1. The molecule has 0 amide bonds. The highest BCUT2D eigenvalue weighted by atomic mass is 32.1. The molecule has 4 rings (SSSR count). The van der Waals surface area contributed by atoms with Crippen molar-refractivity contribution in [2.24, 2.45) is 0 Å². The van der Waals surface area contributed by atoms with Gasteiger partial charge in [-0.05, 0) is 52.7 Å². The summed E-state index contributed by atoms with van der Waals surface area (Å²) >= 11 is 1.89. The van der Waals surface area contributed by atoms with E-state index in [1.807, 2.05) is 11.3 Å². The van der Waals surface area contributed by atoms with Crippen LogP contribution in [-0.2, 0) is 12.8 Å². The fourth-order valence-electron chi connectivity index (χ4n) is 3.10. The topological polar surface area (TPSA) is 12.0 Å². The number of benzene rings is 2. The molecule has 2 heteroatoms. The zero-order valence-electron chi connectivity index (χ0n) is 11.3. The zero-order valence-corrected chi connectivity index (χ0v) is 12.1. The summed E-state index contributed by atoms with van der Waals surface area (Å²) in [7, 11) is 0. The van der Waals surface area contributed by atoms with E-state index >= 15 is 0 Å². The summed E-state index contributed by atoms with van der Waals surface area (Å²) in [5, 5.41) is 8.56. The normalized spacial score (nSPS) is 18.1. The summed E-state index contributed by atoms with van der Waals surface area (Å²) in [5.74, 6) is 0. The highest BCUT2D eigenvalue weighted by Crippen LogP contribution is 2.31. The first-order chi connectivity index (χ1) is 9.90. The van der Waals surface area contributed by atoms with E-state index in [1.54, 1.807) is 5.56 Å². The Morgan fingerprint density at radius 2 is 1.95 bits per heavy atom. The predicted molar refractivity (Wildman–Crippen MR) is 86.4 cm³/mol. The maximum atomic E-state index is 3.67. The molecule has 1 N–H and O–H groups in total. The van der Waals surface area contributed by atoms with Crippen molar-refractivity contribution in [3.8, 4) is 0 Å². The molecule has 1 aliphatic rings. The molecular weight excluding hydrogens is 262 g/mol. The number of hydrogen-bond acceptors (Lipinski definition) is 2. The van der Waals surface area contributed by atoms with Gasteiger partial charge in [0.25, 0.3) is 0 Å². The van der Waals surface area contributed by atoms with E-state index in [4.69, 9.17) is 0 Å². The molecule has 3 aromatic rings. The molecule has 2 heterocycles. The molecule has 1 unspecified atom stereocenters. The van der Waals surface area contributed by atoms with E-state index in [0.717, 1.165) is 13.0 Å². The van der Waals surface area contributed by atoms with Gasteiger partial charge in [-0.3, -0.25) is 0 Å². The van der Waals surface area contributed by atoms with Crippen molar-refractivity contribution in [3.63, 3.8) is 0 Å². The number of thiophene rings is 1. The molecule has 0 bridgehead atoms. The van der Waals surface area contributed by atoms with E-state index in [2.05, 4.69) is 59.2 Å². The Bertz CT molecular complexity index is 744. The van der Waals surface area contributed by atoms with Crippen molar-refractivity contribution in [2.45, 2.75) is 18.9 Å². The van der Waals surface area contributed by atoms with E-state index in [9.17, 15) is 0 Å². The zero-order chi connectivity index (χ0) is 13.4. The third-order valence-electron chi connectivity index (χ3n) is 4.14. The summed E-state index contributed by atoms with van der Waals surface area (Å²) in [4.78, 5) is 1.53. The van der Waals surface area contributed by atoms with E-state index in [-0.39, 0.29) is 0 Å². The van der Waals surface area contributed by atoms with Crippen molar-refractivity contribution < 1.29 is 0 Å². The van der Waals surface area contributed by atoms with E-state index in [1.165, 1.54) is 27.6 Å². The van der Waals surface area contributed by atoms with Gasteiger partial charge in [0.05, 0.1) is 0 Å². The molecule has 100 valence electrons. The number of rotatable bonds is 2. The molecular formula is C18H17NS. The largest absolute Gasteiger partial charge is 0.309 e. The lowest BCUT2D eigenvalue weighted by molar-refractivity contribution is 0.512. The summed E-state index contributed by atoms with van der Waals surface area (Å²) < 4.78 is 0. The first kappa shape index (κ1) is 12.1. The van der Waals surface area contributed by atoms with Gasteiger partial charge in [0.2, 0.25) is 0 Å². The Hall–Kier alpha value is -1.64. The van der Waals surface area contributed by atoms with Crippen molar-refractivity contribution in [3.05, 3.63) is 69.9 Å². The minimum atomic E-state index is 0.486. The third kappa shape index (κ3) is 2.15. The van der Waals surface area contributed by atoms with Gasteiger partial charge in [-0.1, -0.05) is 42.5 Å². The van der Waals surface area contributed by atoms with Crippen LogP contribution >= 0.6 is 11.3 Å². The molecule has 1 atom stereocenters. The lowest BCUT2D eigenvalue weighted by Gasteiger charge is -2.24. The standard InChI is InChI=1S/C18H17NS/c1-2-4-16-11-13(5-6-14(16)3-1)12-17-18-15(7-9-19-17)8-10-20-18/h1-6,8,10-11,17,19H,7,9,12H2. The smallest absolute Gasteiger partial charge is 0.0458 e. The Morgan fingerprint density at radius 1 is 1.05 bits per heavy atom. The van der Waals surface area contributed by atoms with Gasteiger partial charge >= 0.3 is 0 Å². The number of fused-ring (bicyclic) bond motifs is 2. The second-order valence-electron chi connectivity index (χ2n) is 5.45. The highest BCUT2D eigenvalue weighted by molar-refractivity contribution is 7.10. The third-order valence-corrected chi connectivity index (χ3v) is 5.21. The van der Waals surface area contributed by atoms with Gasteiger partial charge in [0.1, 0.15) is 0 Å². The Balaban J connectivity index is 1.65. The van der Waals surface area contributed by atoms with Crippen LogP contribution in [0.2, 0.25) is 0 Å². The lowest BCUT2D eigenvalue weighted by Crippen LogP contribution is -2.29. The quantitative estimate of drug-likeness (QED) is 0.736. The van der Waals surface area contributed by atoms with Gasteiger partial charge in [0, 0.05) is 10.9 Å². The van der Waals surface area contributed by atoms with Crippen LogP contribution < -0.4 is 5.32 Å². The molecule has 1 aliphatic heterocycles. The maximum absolute atomic E-state index is 3.67. The average molecular weight is 279 g/mol. The second-order valence-corrected chi connectivity index (χ2v) is 6.40. The van der Waals surface area contributed by atoms with Crippen molar-refractivity contribution in [2.75, 3.05) is 6.54 Å². The van der Waals surface area contributed by atoms with E-state index < -0.39 is 0 Å². The Labute approximate surface area is 123 Å². The number of nitrogens with one attached hydrogen (secondary N) is 1. The fourth-order valence-corrected chi connectivity index (χ4v) is 4.13. The number of hydrogen-bond donors (Lipinski definition) is 1. The van der Waals surface area contributed by atoms with Gasteiger partial charge in [-0.15, -0.1) is 11.3 Å². The lowest BCUT2D eigenvalue weighted by atomic mass is 9.96. The van der Waals surface area contributed by atoms with Crippen molar-refractivity contribution in [1.29, 1.82) is 0 Å². The summed E-state index contributed by atoms with van der Waals surface area (Å²) in [6.45, 7) is 1.10. The molecule has 0 fully saturated rings. The van der Waals surface area contributed by atoms with Crippen LogP contribution in [0.15, 0.2) is 53.9 Å². The molecule has 1 nitrogen and oxygen atoms in total. The van der Waals surface area contributed by atoms with Crippen LogP contribution in [-0.4, -0.2) is 6.54 Å². The van der Waals surface area contributed by atoms with Crippen LogP contribution in [0.5, 0.6) is 0 Å². The van der Waals surface area contributed by atoms with Gasteiger partial charge in [-0.2, -0.15) is 0 Å². The minimum absolute atomic E-state index is 0.486. The second kappa shape index (κ2) is 5.04. The van der Waals surface area contributed by atoms with Crippen LogP contribution in [0.4, 0.5) is 0 Å². The Kier molecular flexibility index (Phi) is 3.06. The Morgan fingerprint density at radius 3 is 2.90 bits per heavy atom. The predicted octanol–water partition coefficient (Wildman–Crippen LogP) is 4.33.